The summed E-state index contributed by atoms with van der Waals surface area (Å²) in [6.45, 7) is 0.822. The number of alkyl halides is 3. The molecule has 2 atom stereocenters. The third-order valence-corrected chi connectivity index (χ3v) is 6.36. The van der Waals surface area contributed by atoms with Crippen molar-refractivity contribution in [1.82, 2.24) is 9.97 Å². The van der Waals surface area contributed by atoms with Gasteiger partial charge in [0.05, 0.1) is 17.9 Å². The molecule has 0 radical (unpaired) electrons. The molecular weight excluding hydrogens is 430 g/mol. The van der Waals surface area contributed by atoms with Gasteiger partial charge in [-0.3, -0.25) is 9.78 Å². The SMILES string of the molecule is O=C(O)C1C2CC1CN(c1nc(CCC(F)(F)F)cnc1-c1cc(F)c3occc3c1)C2. The topological polar surface area (TPSA) is 79.5 Å². The maximum atomic E-state index is 14.5. The summed E-state index contributed by atoms with van der Waals surface area (Å²) in [6.07, 6.45) is -2.22. The van der Waals surface area contributed by atoms with E-state index in [0.29, 0.717) is 35.6 Å². The number of carboxylic acid groups (broad SMARTS) is 1. The van der Waals surface area contributed by atoms with Crippen LogP contribution in [0.2, 0.25) is 0 Å². The number of rotatable bonds is 5. The lowest BCUT2D eigenvalue weighted by Crippen LogP contribution is -2.58. The summed E-state index contributed by atoms with van der Waals surface area (Å²) in [5, 5.41) is 9.95. The first-order chi connectivity index (χ1) is 15.2. The predicted molar refractivity (Wildman–Crippen MR) is 107 cm³/mol. The summed E-state index contributed by atoms with van der Waals surface area (Å²) >= 11 is 0. The fourth-order valence-corrected chi connectivity index (χ4v) is 4.87. The van der Waals surface area contributed by atoms with Gasteiger partial charge >= 0.3 is 12.1 Å². The molecule has 6 rings (SSSR count). The number of aryl methyl sites for hydroxylation is 1. The molecule has 1 aliphatic carbocycles. The zero-order chi connectivity index (χ0) is 22.6. The van der Waals surface area contributed by atoms with Gasteiger partial charge in [-0.15, -0.1) is 0 Å². The van der Waals surface area contributed by atoms with Gasteiger partial charge in [0.2, 0.25) is 0 Å². The molecule has 1 aromatic carbocycles. The van der Waals surface area contributed by atoms with E-state index in [1.165, 1.54) is 18.5 Å². The molecule has 2 aliphatic heterocycles. The number of benzene rings is 1. The minimum Gasteiger partial charge on any atom is -0.481 e. The van der Waals surface area contributed by atoms with Gasteiger partial charge in [-0.05, 0) is 42.9 Å². The minimum atomic E-state index is -4.32. The second-order valence-electron chi connectivity index (χ2n) is 8.47. The maximum absolute atomic E-state index is 14.5. The predicted octanol–water partition coefficient (Wildman–Crippen LogP) is 4.68. The summed E-state index contributed by atoms with van der Waals surface area (Å²) in [5.41, 5.74) is 1.06. The number of piperidine rings is 2. The Morgan fingerprint density at radius 3 is 2.69 bits per heavy atom. The number of nitrogens with zero attached hydrogens (tertiary/aromatic N) is 3. The Balaban J connectivity index is 1.53. The number of anilines is 1. The minimum absolute atomic E-state index is 0.0622. The highest BCUT2D eigenvalue weighted by Crippen LogP contribution is 2.47. The summed E-state index contributed by atoms with van der Waals surface area (Å²) in [4.78, 5) is 22.2. The number of aromatic nitrogens is 2. The molecule has 1 saturated carbocycles. The highest BCUT2D eigenvalue weighted by molar-refractivity contribution is 5.86. The normalized spacial score (nSPS) is 22.8. The Labute approximate surface area is 179 Å². The van der Waals surface area contributed by atoms with Crippen molar-refractivity contribution in [3.8, 4) is 11.3 Å². The molecule has 0 amide bonds. The molecular formula is C22H19F4N3O3. The van der Waals surface area contributed by atoms with Crippen LogP contribution in [0.5, 0.6) is 0 Å². The van der Waals surface area contributed by atoms with E-state index in [4.69, 9.17) is 4.42 Å². The zero-order valence-electron chi connectivity index (χ0n) is 16.8. The Bertz CT molecular complexity index is 1180. The average Bonchev–Trinajstić information content (AvgIpc) is 3.20. The molecule has 6 nitrogen and oxygen atoms in total. The van der Waals surface area contributed by atoms with Crippen molar-refractivity contribution in [1.29, 1.82) is 0 Å². The summed E-state index contributed by atoms with van der Waals surface area (Å²) in [6, 6.07) is 4.56. The quantitative estimate of drug-likeness (QED) is 0.570. The number of furan rings is 1. The average molecular weight is 449 g/mol. The molecule has 2 unspecified atom stereocenters. The number of aliphatic carboxylic acids is 1. The van der Waals surface area contributed by atoms with Gasteiger partial charge in [-0.2, -0.15) is 13.2 Å². The summed E-state index contributed by atoms with van der Waals surface area (Å²) in [7, 11) is 0. The van der Waals surface area contributed by atoms with Crippen molar-refractivity contribution in [2.75, 3.05) is 18.0 Å². The van der Waals surface area contributed by atoms with E-state index in [-0.39, 0.29) is 29.5 Å². The smallest absolute Gasteiger partial charge is 0.389 e. The molecule has 3 fully saturated rings. The van der Waals surface area contributed by atoms with Crippen molar-refractivity contribution in [3.63, 3.8) is 0 Å². The van der Waals surface area contributed by atoms with E-state index in [2.05, 4.69) is 9.97 Å². The van der Waals surface area contributed by atoms with Crippen LogP contribution in [0.4, 0.5) is 23.4 Å². The van der Waals surface area contributed by atoms with E-state index in [9.17, 15) is 27.5 Å². The van der Waals surface area contributed by atoms with Gasteiger partial charge in [0, 0.05) is 36.7 Å². The third kappa shape index (κ3) is 3.67. The largest absolute Gasteiger partial charge is 0.481 e. The van der Waals surface area contributed by atoms with Crippen LogP contribution in [0.25, 0.3) is 22.2 Å². The maximum Gasteiger partial charge on any atom is 0.389 e. The lowest BCUT2D eigenvalue weighted by Gasteiger charge is -2.52. The van der Waals surface area contributed by atoms with Crippen molar-refractivity contribution >= 4 is 22.8 Å². The monoisotopic (exact) mass is 449 g/mol. The molecule has 0 spiro atoms. The molecule has 4 heterocycles. The first-order valence-electron chi connectivity index (χ1n) is 10.3. The van der Waals surface area contributed by atoms with Crippen LogP contribution in [0, 0.1) is 23.6 Å². The molecule has 2 saturated heterocycles. The van der Waals surface area contributed by atoms with Gasteiger partial charge in [-0.1, -0.05) is 0 Å². The van der Waals surface area contributed by atoms with Gasteiger partial charge in [-0.25, -0.2) is 9.37 Å². The van der Waals surface area contributed by atoms with Crippen LogP contribution in [0.15, 0.2) is 35.1 Å². The standard InChI is InChI=1S/C22H19F4N3O3/c23-16-7-12(5-11-2-4-32-19(11)16)18-20(28-15(8-27-18)1-3-22(24,25)26)29-9-13-6-14(10-29)17(13)21(30)31/h2,4-5,7-8,13-14,17H,1,3,6,9-10H2,(H,30,31). The molecule has 1 N–H and O–H groups in total. The van der Waals surface area contributed by atoms with E-state index in [0.717, 1.165) is 6.42 Å². The second-order valence-corrected chi connectivity index (χ2v) is 8.47. The fraction of sp³-hybridized carbons (Fsp3) is 0.409. The van der Waals surface area contributed by atoms with E-state index in [1.807, 2.05) is 4.90 Å². The Morgan fingerprint density at radius 2 is 2.00 bits per heavy atom. The number of hydrogen-bond acceptors (Lipinski definition) is 5. The summed E-state index contributed by atoms with van der Waals surface area (Å²) in [5.74, 6) is -1.60. The first-order valence-corrected chi connectivity index (χ1v) is 10.3. The van der Waals surface area contributed by atoms with Gasteiger partial charge < -0.3 is 14.4 Å². The van der Waals surface area contributed by atoms with Gasteiger partial charge in [0.1, 0.15) is 5.69 Å². The van der Waals surface area contributed by atoms with Crippen LogP contribution >= 0.6 is 0 Å². The number of carbonyl (C=O) groups is 1. The van der Waals surface area contributed by atoms with E-state index < -0.39 is 30.3 Å². The van der Waals surface area contributed by atoms with E-state index in [1.54, 1.807) is 12.1 Å². The number of carboxylic acids is 1. The van der Waals surface area contributed by atoms with Gasteiger partial charge in [0.25, 0.3) is 0 Å². The van der Waals surface area contributed by atoms with Gasteiger partial charge in [0.15, 0.2) is 17.2 Å². The second kappa shape index (κ2) is 7.46. The van der Waals surface area contributed by atoms with Crippen molar-refractivity contribution < 1.29 is 31.9 Å². The molecule has 168 valence electrons. The highest BCUT2D eigenvalue weighted by Gasteiger charge is 2.51. The third-order valence-electron chi connectivity index (χ3n) is 6.36. The van der Waals surface area contributed by atoms with Crippen LogP contribution in [0.3, 0.4) is 0 Å². The number of halogens is 4. The highest BCUT2D eigenvalue weighted by atomic mass is 19.4. The Morgan fingerprint density at radius 1 is 1.25 bits per heavy atom. The van der Waals surface area contributed by atoms with Crippen LogP contribution < -0.4 is 4.90 Å². The summed E-state index contributed by atoms with van der Waals surface area (Å²) < 4.78 is 57.8. The number of hydrogen-bond donors (Lipinski definition) is 1. The lowest BCUT2D eigenvalue weighted by molar-refractivity contribution is -0.153. The molecule has 2 bridgehead atoms. The fourth-order valence-electron chi connectivity index (χ4n) is 4.87. The molecule has 2 aromatic heterocycles. The van der Waals surface area contributed by atoms with Crippen LogP contribution in [-0.2, 0) is 11.2 Å². The zero-order valence-corrected chi connectivity index (χ0v) is 16.8. The van der Waals surface area contributed by atoms with Crippen molar-refractivity contribution in [2.45, 2.75) is 25.4 Å². The van der Waals surface area contributed by atoms with Crippen LogP contribution in [-0.4, -0.2) is 40.3 Å². The number of fused-ring (bicyclic) bond motifs is 3. The van der Waals surface area contributed by atoms with Crippen LogP contribution in [0.1, 0.15) is 18.5 Å². The Hall–Kier alpha value is -3.17. The van der Waals surface area contributed by atoms with Crippen molar-refractivity contribution in [3.05, 3.63) is 42.2 Å². The van der Waals surface area contributed by atoms with Crippen molar-refractivity contribution in [2.24, 2.45) is 17.8 Å². The first kappa shape index (κ1) is 20.7. The van der Waals surface area contributed by atoms with E-state index >= 15 is 0 Å². The lowest BCUT2D eigenvalue weighted by atomic mass is 9.61. The Kier molecular flexibility index (Phi) is 4.83. The molecule has 32 heavy (non-hydrogen) atoms. The molecule has 3 aromatic rings. The molecule has 10 heteroatoms. The molecule has 3 aliphatic rings.